The zero-order chi connectivity index (χ0) is 6.10. The van der Waals surface area contributed by atoms with Crippen molar-refractivity contribution in [3.63, 3.8) is 0 Å². The molecule has 9 heavy (non-hydrogen) atoms. The summed E-state index contributed by atoms with van der Waals surface area (Å²) in [4.78, 5) is 0. The first-order valence-corrected chi connectivity index (χ1v) is 4.16. The third-order valence-electron chi connectivity index (χ3n) is 2.51. The Kier molecular flexibility index (Phi) is 1.33. The van der Waals surface area contributed by atoms with E-state index in [0.29, 0.717) is 0 Å². The Balaban J connectivity index is 1.97. The van der Waals surface area contributed by atoms with Crippen LogP contribution in [0.5, 0.6) is 0 Å². The predicted octanol–water partition coefficient (Wildman–Crippen LogP) is 2.90. The Morgan fingerprint density at radius 3 is 3.22 bits per heavy atom. The molecule has 0 heterocycles. The van der Waals surface area contributed by atoms with Gasteiger partial charge in [0, 0.05) is 0 Å². The molecular formula is C9H14. The van der Waals surface area contributed by atoms with E-state index in [2.05, 4.69) is 6.08 Å². The summed E-state index contributed by atoms with van der Waals surface area (Å²) in [6.07, 6.45) is 11.2. The molecule has 0 aromatic rings. The van der Waals surface area contributed by atoms with E-state index in [4.69, 9.17) is 0 Å². The van der Waals surface area contributed by atoms with Crippen LogP contribution in [0, 0.1) is 5.92 Å². The number of hydrogen-bond donors (Lipinski definition) is 0. The molecule has 1 atom stereocenters. The maximum absolute atomic E-state index is 2.48. The molecule has 0 amide bonds. The van der Waals surface area contributed by atoms with E-state index in [0.717, 1.165) is 5.92 Å². The van der Waals surface area contributed by atoms with Crippen molar-refractivity contribution in [3.05, 3.63) is 11.6 Å². The van der Waals surface area contributed by atoms with Gasteiger partial charge in [-0.05, 0) is 31.6 Å². The molecule has 0 unspecified atom stereocenters. The molecule has 2 rings (SSSR count). The van der Waals surface area contributed by atoms with Crippen LogP contribution in [-0.4, -0.2) is 0 Å². The summed E-state index contributed by atoms with van der Waals surface area (Å²) in [6, 6.07) is 0. The van der Waals surface area contributed by atoms with Crippen LogP contribution in [0.3, 0.4) is 0 Å². The van der Waals surface area contributed by atoms with E-state index in [-0.39, 0.29) is 0 Å². The maximum Gasteiger partial charge on any atom is -0.0166 e. The van der Waals surface area contributed by atoms with Gasteiger partial charge >= 0.3 is 0 Å². The zero-order valence-corrected chi connectivity index (χ0v) is 5.90. The Bertz CT molecular complexity index is 133. The van der Waals surface area contributed by atoms with Crippen molar-refractivity contribution in [2.24, 2.45) is 5.92 Å². The minimum absolute atomic E-state index is 1.05. The van der Waals surface area contributed by atoms with Crippen molar-refractivity contribution in [3.8, 4) is 0 Å². The van der Waals surface area contributed by atoms with Gasteiger partial charge in [0.1, 0.15) is 0 Å². The molecule has 0 radical (unpaired) electrons. The van der Waals surface area contributed by atoms with Crippen LogP contribution in [0.4, 0.5) is 0 Å². The van der Waals surface area contributed by atoms with Crippen LogP contribution in [-0.2, 0) is 0 Å². The lowest BCUT2D eigenvalue weighted by Crippen LogP contribution is -1.82. The van der Waals surface area contributed by atoms with Crippen LogP contribution in [0.1, 0.15) is 38.5 Å². The fraction of sp³-hybridized carbons (Fsp3) is 0.778. The second kappa shape index (κ2) is 2.17. The normalized spacial score (nSPS) is 33.8. The van der Waals surface area contributed by atoms with Gasteiger partial charge in [-0.1, -0.05) is 24.5 Å². The van der Waals surface area contributed by atoms with Gasteiger partial charge in [-0.15, -0.1) is 0 Å². The molecule has 2 aliphatic carbocycles. The number of hydrogen-bond acceptors (Lipinski definition) is 0. The van der Waals surface area contributed by atoms with Crippen LogP contribution >= 0.6 is 0 Å². The van der Waals surface area contributed by atoms with Gasteiger partial charge in [0.2, 0.25) is 0 Å². The molecular weight excluding hydrogens is 108 g/mol. The minimum Gasteiger partial charge on any atom is -0.0850 e. The van der Waals surface area contributed by atoms with Gasteiger partial charge in [-0.25, -0.2) is 0 Å². The molecule has 0 saturated heterocycles. The Labute approximate surface area is 57.0 Å². The van der Waals surface area contributed by atoms with Gasteiger partial charge in [-0.2, -0.15) is 0 Å². The summed E-state index contributed by atoms with van der Waals surface area (Å²) in [7, 11) is 0. The van der Waals surface area contributed by atoms with Gasteiger partial charge in [0.05, 0.1) is 0 Å². The van der Waals surface area contributed by atoms with Crippen molar-refractivity contribution in [1.29, 1.82) is 0 Å². The molecule has 0 aromatic carbocycles. The molecule has 0 spiro atoms. The number of fused-ring (bicyclic) bond motifs is 1. The molecule has 1 saturated carbocycles. The summed E-state index contributed by atoms with van der Waals surface area (Å²) in [6.45, 7) is 0. The second-order valence-electron chi connectivity index (χ2n) is 3.32. The smallest absolute Gasteiger partial charge is 0.0166 e. The molecule has 0 nitrogen and oxygen atoms in total. The third kappa shape index (κ3) is 1.17. The summed E-state index contributed by atoms with van der Waals surface area (Å²) in [5.41, 5.74) is 1.77. The summed E-state index contributed by atoms with van der Waals surface area (Å²) in [5.74, 6) is 1.05. The van der Waals surface area contributed by atoms with Gasteiger partial charge in [-0.3, -0.25) is 0 Å². The summed E-state index contributed by atoms with van der Waals surface area (Å²) in [5, 5.41) is 0. The van der Waals surface area contributed by atoms with E-state index >= 15 is 0 Å². The first-order valence-electron chi connectivity index (χ1n) is 4.16. The fourth-order valence-corrected chi connectivity index (χ4v) is 1.76. The van der Waals surface area contributed by atoms with E-state index < -0.39 is 0 Å². The number of allylic oxidation sites excluding steroid dienone is 2. The minimum atomic E-state index is 1.05. The van der Waals surface area contributed by atoms with E-state index in [9.17, 15) is 0 Å². The molecule has 50 valence electrons. The molecule has 0 N–H and O–H groups in total. The molecule has 0 aliphatic heterocycles. The van der Waals surface area contributed by atoms with Crippen LogP contribution < -0.4 is 0 Å². The van der Waals surface area contributed by atoms with Crippen molar-refractivity contribution in [1.82, 2.24) is 0 Å². The highest BCUT2D eigenvalue weighted by molar-refractivity contribution is 5.23. The quantitative estimate of drug-likeness (QED) is 0.433. The largest absolute Gasteiger partial charge is 0.0850 e. The SMILES string of the molecule is C1=C2C[C@H]2CCCCC1. The monoisotopic (exact) mass is 122 g/mol. The van der Waals surface area contributed by atoms with E-state index in [1.54, 1.807) is 5.57 Å². The van der Waals surface area contributed by atoms with Crippen LogP contribution in [0.15, 0.2) is 11.6 Å². The lowest BCUT2D eigenvalue weighted by Gasteiger charge is -1.99. The average Bonchev–Trinajstić information content (AvgIpc) is 2.46. The first kappa shape index (κ1) is 5.52. The molecule has 2 aliphatic rings. The topological polar surface area (TPSA) is 0 Å². The van der Waals surface area contributed by atoms with Crippen molar-refractivity contribution in [2.75, 3.05) is 0 Å². The zero-order valence-electron chi connectivity index (χ0n) is 5.90. The summed E-state index contributed by atoms with van der Waals surface area (Å²) < 4.78 is 0. The maximum atomic E-state index is 2.48. The third-order valence-corrected chi connectivity index (χ3v) is 2.51. The van der Waals surface area contributed by atoms with Crippen LogP contribution in [0.25, 0.3) is 0 Å². The second-order valence-corrected chi connectivity index (χ2v) is 3.32. The molecule has 0 bridgehead atoms. The van der Waals surface area contributed by atoms with Gasteiger partial charge in [0.15, 0.2) is 0 Å². The predicted molar refractivity (Wildman–Crippen MR) is 39.3 cm³/mol. The highest BCUT2D eigenvalue weighted by atomic mass is 14.3. The molecule has 1 fully saturated rings. The molecule has 0 aromatic heterocycles. The fourth-order valence-electron chi connectivity index (χ4n) is 1.76. The summed E-state index contributed by atoms with van der Waals surface area (Å²) >= 11 is 0. The number of rotatable bonds is 0. The van der Waals surface area contributed by atoms with Gasteiger partial charge < -0.3 is 0 Å². The molecule has 0 heteroatoms. The van der Waals surface area contributed by atoms with Gasteiger partial charge in [0.25, 0.3) is 0 Å². The Morgan fingerprint density at radius 2 is 2.22 bits per heavy atom. The lowest BCUT2D eigenvalue weighted by molar-refractivity contribution is 0.606. The highest BCUT2D eigenvalue weighted by Gasteiger charge is 2.28. The Hall–Kier alpha value is -0.260. The van der Waals surface area contributed by atoms with Crippen molar-refractivity contribution in [2.45, 2.75) is 38.5 Å². The lowest BCUT2D eigenvalue weighted by atomic mass is 10.1. The highest BCUT2D eigenvalue weighted by Crippen LogP contribution is 2.43. The van der Waals surface area contributed by atoms with E-state index in [1.165, 1.54) is 38.5 Å². The first-order chi connectivity index (χ1) is 4.47. The van der Waals surface area contributed by atoms with Crippen molar-refractivity contribution < 1.29 is 0 Å². The van der Waals surface area contributed by atoms with Crippen molar-refractivity contribution >= 4 is 0 Å². The Morgan fingerprint density at radius 1 is 1.22 bits per heavy atom. The standard InChI is InChI=1S/C9H14/c1-2-4-6-9-7-8(9)5-3-1/h5,9H,1-4,6-7H2/t9-/m1/s1. The van der Waals surface area contributed by atoms with E-state index in [1.807, 2.05) is 0 Å². The average molecular weight is 122 g/mol. The van der Waals surface area contributed by atoms with Crippen LogP contribution in [0.2, 0.25) is 0 Å².